The molecule has 0 spiro atoms. The zero-order chi connectivity index (χ0) is 14.7. The van der Waals surface area contributed by atoms with E-state index in [1.807, 2.05) is 0 Å². The van der Waals surface area contributed by atoms with Crippen LogP contribution in [0.1, 0.15) is 42.5 Å². The number of carbonyl (C=O) groups excluding carboxylic acids is 1. The summed E-state index contributed by atoms with van der Waals surface area (Å²) in [5, 5.41) is 2.17. The maximum atomic E-state index is 13.7. The van der Waals surface area contributed by atoms with Gasteiger partial charge in [-0.1, -0.05) is 30.9 Å². The molecule has 0 aliphatic heterocycles. The Morgan fingerprint density at radius 1 is 1.15 bits per heavy atom. The van der Waals surface area contributed by atoms with Gasteiger partial charge in [-0.05, 0) is 25.0 Å². The lowest BCUT2D eigenvalue weighted by Gasteiger charge is -2.21. The molecule has 110 valence electrons. The number of halogens is 4. The molecule has 20 heavy (non-hydrogen) atoms. The largest absolute Gasteiger partial charge is 0.348 e. The summed E-state index contributed by atoms with van der Waals surface area (Å²) in [6.07, 6.45) is 4.61. The maximum absolute atomic E-state index is 13.7. The number of hydrogen-bond acceptors (Lipinski definition) is 1. The lowest BCUT2D eigenvalue weighted by molar-refractivity contribution is 0.0929. The average Bonchev–Trinajstić information content (AvgIpc) is 2.59. The van der Waals surface area contributed by atoms with Gasteiger partial charge in [0.25, 0.3) is 5.91 Å². The second-order valence-corrected chi connectivity index (χ2v) is 5.95. The molecule has 1 aliphatic carbocycles. The van der Waals surface area contributed by atoms with E-state index < -0.39 is 17.5 Å². The van der Waals surface area contributed by atoms with Crippen LogP contribution in [0, 0.1) is 11.6 Å². The molecule has 1 aromatic rings. The monoisotopic (exact) mass is 321 g/mol. The highest BCUT2D eigenvalue weighted by molar-refractivity contribution is 6.30. The van der Waals surface area contributed by atoms with Crippen molar-refractivity contribution in [1.29, 1.82) is 0 Å². The summed E-state index contributed by atoms with van der Waals surface area (Å²) >= 11 is 11.7. The highest BCUT2D eigenvalue weighted by atomic mass is 35.5. The van der Waals surface area contributed by atoms with Crippen molar-refractivity contribution < 1.29 is 13.6 Å². The lowest BCUT2D eigenvalue weighted by atomic mass is 10.1. The van der Waals surface area contributed by atoms with E-state index in [1.165, 1.54) is 0 Å². The van der Waals surface area contributed by atoms with Crippen LogP contribution in [0.25, 0.3) is 0 Å². The van der Waals surface area contributed by atoms with Crippen LogP contribution in [0.4, 0.5) is 8.78 Å². The molecule has 6 heteroatoms. The van der Waals surface area contributed by atoms with Gasteiger partial charge in [0.2, 0.25) is 0 Å². The number of benzene rings is 1. The van der Waals surface area contributed by atoms with Gasteiger partial charge >= 0.3 is 0 Å². The summed E-state index contributed by atoms with van der Waals surface area (Å²) in [5.74, 6) is -2.31. The molecule has 1 N–H and O–H groups in total. The molecule has 2 atom stereocenters. The SMILES string of the molecule is O=C(NC1CCCCCC1Cl)c1cc(F)c(Cl)cc1F. The molecule has 1 fully saturated rings. The Balaban J connectivity index is 2.13. The van der Waals surface area contributed by atoms with E-state index in [4.69, 9.17) is 23.2 Å². The zero-order valence-electron chi connectivity index (χ0n) is 10.8. The predicted molar refractivity (Wildman–Crippen MR) is 75.3 cm³/mol. The van der Waals surface area contributed by atoms with Crippen molar-refractivity contribution in [3.05, 3.63) is 34.4 Å². The quantitative estimate of drug-likeness (QED) is 0.491. The molecule has 0 aromatic heterocycles. The molecule has 1 aliphatic rings. The first kappa shape index (κ1) is 15.5. The fourth-order valence-corrected chi connectivity index (χ4v) is 2.86. The Labute approximate surface area is 126 Å². The smallest absolute Gasteiger partial charge is 0.254 e. The first-order valence-corrected chi connectivity index (χ1v) is 7.40. The molecule has 1 amide bonds. The predicted octanol–water partition coefficient (Wildman–Crippen LogP) is 4.29. The van der Waals surface area contributed by atoms with Crippen LogP contribution in [-0.2, 0) is 0 Å². The third-order valence-corrected chi connectivity index (χ3v) is 4.31. The van der Waals surface area contributed by atoms with Gasteiger partial charge in [0.05, 0.1) is 16.0 Å². The van der Waals surface area contributed by atoms with Crippen molar-refractivity contribution >= 4 is 29.1 Å². The van der Waals surface area contributed by atoms with Gasteiger partial charge < -0.3 is 5.32 Å². The van der Waals surface area contributed by atoms with E-state index in [0.29, 0.717) is 0 Å². The summed E-state index contributed by atoms with van der Waals surface area (Å²) in [4.78, 5) is 12.0. The van der Waals surface area contributed by atoms with Gasteiger partial charge in [0, 0.05) is 6.04 Å². The minimum Gasteiger partial charge on any atom is -0.348 e. The Bertz CT molecular complexity index is 510. The Hall–Kier alpha value is -0.870. The van der Waals surface area contributed by atoms with E-state index in [-0.39, 0.29) is 22.0 Å². The maximum Gasteiger partial charge on any atom is 0.254 e. The van der Waals surface area contributed by atoms with Crippen LogP contribution in [0.5, 0.6) is 0 Å². The molecule has 2 rings (SSSR count). The molecule has 2 nitrogen and oxygen atoms in total. The van der Waals surface area contributed by atoms with Crippen LogP contribution in [0.3, 0.4) is 0 Å². The third-order valence-electron chi connectivity index (χ3n) is 3.50. The number of amides is 1. The number of nitrogens with one attached hydrogen (secondary N) is 1. The summed E-state index contributed by atoms with van der Waals surface area (Å²) in [7, 11) is 0. The van der Waals surface area contributed by atoms with E-state index in [0.717, 1.165) is 44.2 Å². The van der Waals surface area contributed by atoms with Crippen LogP contribution in [-0.4, -0.2) is 17.3 Å². The van der Waals surface area contributed by atoms with Crippen molar-refractivity contribution in [3.8, 4) is 0 Å². The highest BCUT2D eigenvalue weighted by Gasteiger charge is 2.25. The van der Waals surface area contributed by atoms with Crippen LogP contribution < -0.4 is 5.32 Å². The summed E-state index contributed by atoms with van der Waals surface area (Å²) in [6.45, 7) is 0. The highest BCUT2D eigenvalue weighted by Crippen LogP contribution is 2.24. The van der Waals surface area contributed by atoms with Crippen molar-refractivity contribution in [3.63, 3.8) is 0 Å². The topological polar surface area (TPSA) is 29.1 Å². The standard InChI is InChI=1S/C14H15Cl2F2NO/c15-9-4-2-1-3-5-13(9)19-14(20)8-6-12(18)10(16)7-11(8)17/h6-7,9,13H,1-5H2,(H,19,20). The zero-order valence-corrected chi connectivity index (χ0v) is 12.3. The van der Waals surface area contributed by atoms with Gasteiger partial charge in [0.15, 0.2) is 0 Å². The number of rotatable bonds is 2. The second-order valence-electron chi connectivity index (χ2n) is 4.98. The number of hydrogen-bond donors (Lipinski definition) is 1. The lowest BCUT2D eigenvalue weighted by Crippen LogP contribution is -2.40. The summed E-state index contributed by atoms with van der Waals surface area (Å²) in [5.41, 5.74) is -0.347. The molecular formula is C14H15Cl2F2NO. The molecular weight excluding hydrogens is 307 g/mol. The van der Waals surface area contributed by atoms with Crippen LogP contribution in [0.15, 0.2) is 12.1 Å². The molecule has 1 aromatic carbocycles. The fourth-order valence-electron chi connectivity index (χ4n) is 2.37. The van der Waals surface area contributed by atoms with Gasteiger partial charge in [-0.25, -0.2) is 8.78 Å². The first-order chi connectivity index (χ1) is 9.49. The molecule has 0 saturated heterocycles. The van der Waals surface area contributed by atoms with Gasteiger partial charge in [-0.2, -0.15) is 0 Å². The van der Waals surface area contributed by atoms with Crippen LogP contribution in [0.2, 0.25) is 5.02 Å². The first-order valence-electron chi connectivity index (χ1n) is 6.58. The average molecular weight is 322 g/mol. The summed E-state index contributed by atoms with van der Waals surface area (Å²) < 4.78 is 27.0. The van der Waals surface area contributed by atoms with Crippen molar-refractivity contribution in [2.24, 2.45) is 0 Å². The third kappa shape index (κ3) is 3.61. The molecule has 2 unspecified atom stereocenters. The van der Waals surface area contributed by atoms with Gasteiger partial charge in [-0.3, -0.25) is 4.79 Å². The van der Waals surface area contributed by atoms with Crippen molar-refractivity contribution in [1.82, 2.24) is 5.32 Å². The molecule has 0 heterocycles. The van der Waals surface area contributed by atoms with E-state index in [9.17, 15) is 13.6 Å². The normalized spacial score (nSPS) is 23.2. The van der Waals surface area contributed by atoms with E-state index in [1.54, 1.807) is 0 Å². The fraction of sp³-hybridized carbons (Fsp3) is 0.500. The van der Waals surface area contributed by atoms with E-state index >= 15 is 0 Å². The second kappa shape index (κ2) is 6.72. The van der Waals surface area contributed by atoms with Crippen molar-refractivity contribution in [2.45, 2.75) is 43.5 Å². The van der Waals surface area contributed by atoms with Crippen LogP contribution >= 0.6 is 23.2 Å². The number of alkyl halides is 1. The number of carbonyl (C=O) groups is 1. The van der Waals surface area contributed by atoms with Gasteiger partial charge in [0.1, 0.15) is 11.6 Å². The Kier molecular flexibility index (Phi) is 5.22. The summed E-state index contributed by atoms with van der Waals surface area (Å²) in [6, 6.07) is 1.40. The molecule has 0 bridgehead atoms. The molecule has 0 radical (unpaired) electrons. The Morgan fingerprint density at radius 3 is 2.60 bits per heavy atom. The van der Waals surface area contributed by atoms with E-state index in [2.05, 4.69) is 5.32 Å². The van der Waals surface area contributed by atoms with Gasteiger partial charge in [-0.15, -0.1) is 11.6 Å². The minimum absolute atomic E-state index is 0.179. The van der Waals surface area contributed by atoms with Crippen molar-refractivity contribution in [2.75, 3.05) is 0 Å². The molecule has 1 saturated carbocycles. The Morgan fingerprint density at radius 2 is 1.85 bits per heavy atom. The minimum atomic E-state index is -0.839.